The Kier molecular flexibility index (Phi) is 5.48. The van der Waals surface area contributed by atoms with E-state index in [0.717, 1.165) is 12.0 Å². The van der Waals surface area contributed by atoms with Gasteiger partial charge in [-0.1, -0.05) is 46.5 Å². The molecule has 24 heavy (non-hydrogen) atoms. The van der Waals surface area contributed by atoms with Crippen LogP contribution in [0.5, 0.6) is 11.5 Å². The molecule has 0 radical (unpaired) electrons. The molecule has 1 aliphatic rings. The van der Waals surface area contributed by atoms with E-state index in [1.807, 2.05) is 26.0 Å². The number of hydrogen-bond donors (Lipinski definition) is 1. The van der Waals surface area contributed by atoms with Crippen molar-refractivity contribution in [2.75, 3.05) is 0 Å². The summed E-state index contributed by atoms with van der Waals surface area (Å²) in [4.78, 5) is 0. The molecule has 1 aliphatic heterocycles. The largest absolute Gasteiger partial charge is 0.507 e. The molecule has 0 aliphatic carbocycles. The third-order valence-corrected chi connectivity index (χ3v) is 5.14. The molecule has 0 bridgehead atoms. The Balaban J connectivity index is 2.31. The van der Waals surface area contributed by atoms with Gasteiger partial charge in [0.05, 0.1) is 17.6 Å². The summed E-state index contributed by atoms with van der Waals surface area (Å²) in [6.07, 6.45) is 6.62. The fourth-order valence-corrected chi connectivity index (χ4v) is 3.62. The Bertz CT molecular complexity index is 625. The minimum atomic E-state index is -0.385. The van der Waals surface area contributed by atoms with Crippen LogP contribution in [-0.4, -0.2) is 10.7 Å². The molecule has 0 spiro atoms. The molecule has 0 aromatic heterocycles. The van der Waals surface area contributed by atoms with Gasteiger partial charge < -0.3 is 9.84 Å². The lowest BCUT2D eigenvalue weighted by Crippen LogP contribution is -2.34. The lowest BCUT2D eigenvalue weighted by atomic mass is 9.77. The van der Waals surface area contributed by atoms with E-state index in [1.54, 1.807) is 0 Å². The summed E-state index contributed by atoms with van der Waals surface area (Å²) < 4.78 is 6.10. The molecule has 0 saturated heterocycles. The maximum atomic E-state index is 10.6. The molecule has 2 rings (SSSR count). The molecular weight excluding hydrogens is 298 g/mol. The van der Waals surface area contributed by atoms with Crippen molar-refractivity contribution in [3.63, 3.8) is 0 Å². The van der Waals surface area contributed by atoms with Crippen LogP contribution in [-0.2, 0) is 5.41 Å². The van der Waals surface area contributed by atoms with E-state index < -0.39 is 0 Å². The van der Waals surface area contributed by atoms with Crippen LogP contribution in [0.2, 0.25) is 0 Å². The highest BCUT2D eigenvalue weighted by Crippen LogP contribution is 2.47. The Morgan fingerprint density at radius 1 is 1.29 bits per heavy atom. The van der Waals surface area contributed by atoms with E-state index in [9.17, 15) is 10.4 Å². The number of rotatable bonds is 6. The number of unbranched alkanes of at least 4 members (excludes halogenated alkanes) is 3. The molecule has 1 unspecified atom stereocenters. The first-order valence-corrected chi connectivity index (χ1v) is 9.16. The average Bonchev–Trinajstić information content (AvgIpc) is 2.49. The second-order valence-corrected chi connectivity index (χ2v) is 8.35. The van der Waals surface area contributed by atoms with Gasteiger partial charge in [0.2, 0.25) is 0 Å². The molecule has 0 amide bonds. The Morgan fingerprint density at radius 3 is 2.62 bits per heavy atom. The highest BCUT2D eigenvalue weighted by molar-refractivity contribution is 5.54. The summed E-state index contributed by atoms with van der Waals surface area (Å²) in [6, 6.07) is 6.20. The van der Waals surface area contributed by atoms with Crippen LogP contribution in [0, 0.1) is 11.3 Å². The standard InChI is InChI=1S/C21H31NO2/c1-6-7-8-9-10-20(2,3)16-11-17(23)19-15(14-22)13-21(4,5)24-18(19)12-16/h11-12,15,23H,6-10,13H2,1-5H3. The van der Waals surface area contributed by atoms with Crippen molar-refractivity contribution >= 4 is 0 Å². The smallest absolute Gasteiger partial charge is 0.128 e. The molecule has 1 aromatic carbocycles. The molecular formula is C21H31NO2. The first kappa shape index (κ1) is 18.6. The lowest BCUT2D eigenvalue weighted by Gasteiger charge is -2.37. The molecule has 1 atom stereocenters. The number of nitriles is 1. The van der Waals surface area contributed by atoms with Gasteiger partial charge in [0.1, 0.15) is 17.1 Å². The topological polar surface area (TPSA) is 53.2 Å². The Labute approximate surface area is 146 Å². The number of phenolic OH excluding ortho intramolecular Hbond substituents is 1. The monoisotopic (exact) mass is 329 g/mol. The zero-order chi connectivity index (χ0) is 18.0. The van der Waals surface area contributed by atoms with Crippen molar-refractivity contribution in [1.82, 2.24) is 0 Å². The van der Waals surface area contributed by atoms with Gasteiger partial charge >= 0.3 is 0 Å². The molecule has 3 nitrogen and oxygen atoms in total. The van der Waals surface area contributed by atoms with Crippen molar-refractivity contribution in [1.29, 1.82) is 5.26 Å². The van der Waals surface area contributed by atoms with Gasteiger partial charge in [-0.2, -0.15) is 5.26 Å². The predicted octanol–water partition coefficient (Wildman–Crippen LogP) is 5.81. The maximum Gasteiger partial charge on any atom is 0.128 e. The molecule has 0 saturated carbocycles. The summed E-state index contributed by atoms with van der Waals surface area (Å²) in [5.74, 6) is 0.561. The van der Waals surface area contributed by atoms with Gasteiger partial charge in [0.25, 0.3) is 0 Å². The normalized spacial score (nSPS) is 19.2. The van der Waals surface area contributed by atoms with Gasteiger partial charge in [0, 0.05) is 6.42 Å². The van der Waals surface area contributed by atoms with Crippen molar-refractivity contribution in [3.05, 3.63) is 23.3 Å². The fraction of sp³-hybridized carbons (Fsp3) is 0.667. The number of ether oxygens (including phenoxy) is 1. The van der Waals surface area contributed by atoms with Crippen LogP contribution in [0.25, 0.3) is 0 Å². The molecule has 132 valence electrons. The number of nitrogens with zero attached hydrogens (tertiary/aromatic N) is 1. The van der Waals surface area contributed by atoms with Crippen LogP contribution >= 0.6 is 0 Å². The SMILES string of the molecule is CCCCCCC(C)(C)c1cc(O)c2c(c1)OC(C)(C)CC2C#N. The zero-order valence-electron chi connectivity index (χ0n) is 15.8. The van der Waals surface area contributed by atoms with Crippen LogP contribution in [0.4, 0.5) is 0 Å². The van der Waals surface area contributed by atoms with Gasteiger partial charge in [-0.25, -0.2) is 0 Å². The van der Waals surface area contributed by atoms with E-state index >= 15 is 0 Å². The number of hydrogen-bond acceptors (Lipinski definition) is 3. The van der Waals surface area contributed by atoms with Crippen molar-refractivity contribution in [2.24, 2.45) is 0 Å². The van der Waals surface area contributed by atoms with Gasteiger partial charge in [-0.15, -0.1) is 0 Å². The highest BCUT2D eigenvalue weighted by atomic mass is 16.5. The highest BCUT2D eigenvalue weighted by Gasteiger charge is 2.37. The first-order valence-electron chi connectivity index (χ1n) is 9.16. The van der Waals surface area contributed by atoms with Gasteiger partial charge in [-0.05, 0) is 43.4 Å². The number of benzene rings is 1. The maximum absolute atomic E-state index is 10.6. The van der Waals surface area contributed by atoms with Crippen molar-refractivity contribution in [3.8, 4) is 17.6 Å². The van der Waals surface area contributed by atoms with E-state index in [1.165, 1.54) is 25.7 Å². The Morgan fingerprint density at radius 2 is 2.00 bits per heavy atom. The first-order chi connectivity index (χ1) is 11.2. The second-order valence-electron chi connectivity index (χ2n) is 8.35. The van der Waals surface area contributed by atoms with E-state index in [4.69, 9.17) is 4.74 Å². The van der Waals surface area contributed by atoms with Crippen LogP contribution in [0.15, 0.2) is 12.1 Å². The third-order valence-electron chi connectivity index (χ3n) is 5.14. The minimum Gasteiger partial charge on any atom is -0.507 e. The van der Waals surface area contributed by atoms with Gasteiger partial charge in [0.15, 0.2) is 0 Å². The van der Waals surface area contributed by atoms with Crippen molar-refractivity contribution in [2.45, 2.75) is 90.1 Å². The molecule has 1 N–H and O–H groups in total. The third kappa shape index (κ3) is 4.04. The fourth-order valence-electron chi connectivity index (χ4n) is 3.62. The summed E-state index contributed by atoms with van der Waals surface area (Å²) in [6.45, 7) is 10.7. The second kappa shape index (κ2) is 7.05. The summed E-state index contributed by atoms with van der Waals surface area (Å²) in [5, 5.41) is 20.0. The quantitative estimate of drug-likeness (QED) is 0.670. The number of phenols is 1. The van der Waals surface area contributed by atoms with Crippen LogP contribution in [0.1, 0.15) is 90.2 Å². The van der Waals surface area contributed by atoms with E-state index in [-0.39, 0.29) is 22.7 Å². The van der Waals surface area contributed by atoms with Crippen LogP contribution in [0.3, 0.4) is 0 Å². The number of aromatic hydroxyl groups is 1. The van der Waals surface area contributed by atoms with Crippen LogP contribution < -0.4 is 4.74 Å². The van der Waals surface area contributed by atoms with E-state index in [0.29, 0.717) is 17.7 Å². The lowest BCUT2D eigenvalue weighted by molar-refractivity contribution is 0.0780. The number of fused-ring (bicyclic) bond motifs is 1. The predicted molar refractivity (Wildman–Crippen MR) is 97.6 cm³/mol. The van der Waals surface area contributed by atoms with E-state index in [2.05, 4.69) is 26.8 Å². The summed E-state index contributed by atoms with van der Waals surface area (Å²) in [7, 11) is 0. The van der Waals surface area contributed by atoms with Gasteiger partial charge in [-0.3, -0.25) is 0 Å². The van der Waals surface area contributed by atoms with Crippen molar-refractivity contribution < 1.29 is 9.84 Å². The molecule has 3 heteroatoms. The summed E-state index contributed by atoms with van der Waals surface area (Å²) in [5.41, 5.74) is 1.34. The molecule has 1 heterocycles. The Hall–Kier alpha value is -1.69. The summed E-state index contributed by atoms with van der Waals surface area (Å²) >= 11 is 0. The average molecular weight is 329 g/mol. The molecule has 1 aromatic rings. The zero-order valence-corrected chi connectivity index (χ0v) is 15.8. The molecule has 0 fully saturated rings. The minimum absolute atomic E-state index is 0.0205.